The molecule has 0 aromatic rings. The molecule has 0 aliphatic rings. The van der Waals surface area contributed by atoms with Crippen LogP contribution < -0.4 is 0 Å². The third-order valence-electron chi connectivity index (χ3n) is 0.668. The van der Waals surface area contributed by atoms with Crippen molar-refractivity contribution in [3.8, 4) is 0 Å². The molecule has 0 saturated heterocycles. The molecule has 0 aliphatic heterocycles. The van der Waals surface area contributed by atoms with Gasteiger partial charge >= 0.3 is 12.1 Å². The summed E-state index contributed by atoms with van der Waals surface area (Å²) in [6.45, 7) is 0. The minimum Gasteiger partial charge on any atom is -0.194 e. The molecule has 0 aliphatic carbocycles. The normalized spacial score (nSPS) is 15.4. The number of halogens is 7. The summed E-state index contributed by atoms with van der Waals surface area (Å²) >= 11 is 4.18. The Bertz CT molecular complexity index is 164. The van der Waals surface area contributed by atoms with Crippen LogP contribution in [0.1, 0.15) is 0 Å². The van der Waals surface area contributed by atoms with Gasteiger partial charge in [-0.25, -0.2) is 0 Å². The molecule has 0 bridgehead atoms. The van der Waals surface area contributed by atoms with Crippen LogP contribution in [0.2, 0.25) is 0 Å². The van der Waals surface area contributed by atoms with Crippen molar-refractivity contribution in [1.29, 1.82) is 0 Å². The fourth-order valence-corrected chi connectivity index (χ4v) is 0.356. The van der Waals surface area contributed by atoms with Gasteiger partial charge in [-0.15, -0.1) is 0 Å². The topological polar surface area (TPSA) is 0 Å². The van der Waals surface area contributed by atoms with Gasteiger partial charge in [-0.05, 0) is 0 Å². The number of hydrogen-bond acceptors (Lipinski definition) is 0. The summed E-state index contributed by atoms with van der Waals surface area (Å²) in [6.07, 6.45) is -6.81. The summed E-state index contributed by atoms with van der Waals surface area (Å²) < 4.78 is 68.2. The van der Waals surface area contributed by atoms with Crippen LogP contribution in [0, 0.1) is 0 Å². The molecule has 0 aromatic heterocycles. The van der Waals surface area contributed by atoms with E-state index in [-0.39, 0.29) is 0 Å². The van der Waals surface area contributed by atoms with E-state index in [0.29, 0.717) is 0 Å². The second-order valence-electron chi connectivity index (χ2n) is 1.55. The van der Waals surface area contributed by atoms with E-state index in [2.05, 4.69) is 11.6 Å². The van der Waals surface area contributed by atoms with E-state index < -0.39 is 23.5 Å². The maximum Gasteiger partial charge on any atom is 0.457 e. The van der Waals surface area contributed by atoms with E-state index in [4.69, 9.17) is 0 Å². The lowest BCUT2D eigenvalue weighted by molar-refractivity contribution is -0.259. The Kier molecular flexibility index (Phi) is 2.82. The van der Waals surface area contributed by atoms with Crippen molar-refractivity contribution in [3.63, 3.8) is 0 Å². The number of hydrogen-bond donors (Lipinski definition) is 0. The van der Waals surface area contributed by atoms with Crippen LogP contribution in [0.4, 0.5) is 26.3 Å². The second-order valence-corrected chi connectivity index (χ2v) is 1.92. The van der Waals surface area contributed by atoms with Gasteiger partial charge in [0.05, 0.1) is 0 Å². The molecule has 11 heavy (non-hydrogen) atoms. The highest BCUT2D eigenvalue weighted by molar-refractivity contribution is 6.28. The summed E-state index contributed by atoms with van der Waals surface area (Å²) in [5.74, 6) is -5.21. The molecule has 7 heteroatoms. The number of rotatable bonds is 1. The van der Waals surface area contributed by atoms with E-state index in [1.807, 2.05) is 0 Å². The molecule has 0 heterocycles. The molecule has 0 rings (SSSR count). The van der Waals surface area contributed by atoms with Crippen LogP contribution in [-0.4, -0.2) is 12.1 Å². The second kappa shape index (κ2) is 2.92. The fourth-order valence-electron chi connectivity index (χ4n) is 0.219. The van der Waals surface area contributed by atoms with E-state index in [1.165, 1.54) is 0 Å². The monoisotopic (exact) mass is 198 g/mol. The zero-order chi connectivity index (χ0) is 9.28. The van der Waals surface area contributed by atoms with Gasteiger partial charge in [0.1, 0.15) is 0 Å². The average Bonchev–Trinajstić information content (AvgIpc) is 1.56. The zero-order valence-corrected chi connectivity index (χ0v) is 5.48. The van der Waals surface area contributed by atoms with Crippen LogP contribution in [0.3, 0.4) is 0 Å². The number of alkyl halides is 5. The van der Waals surface area contributed by atoms with Crippen LogP contribution in [0.5, 0.6) is 0 Å². The Morgan fingerprint density at radius 2 is 1.45 bits per heavy atom. The first-order chi connectivity index (χ1) is 4.67. The van der Waals surface area contributed by atoms with Crippen LogP contribution >= 0.6 is 11.6 Å². The lowest BCUT2D eigenvalue weighted by Gasteiger charge is -2.14. The maximum atomic E-state index is 11.7. The average molecular weight is 198 g/mol. The smallest absolute Gasteiger partial charge is 0.194 e. The predicted octanol–water partition coefficient (Wildman–Crippen LogP) is 3.23. The molecule has 0 N–H and O–H groups in total. The summed E-state index contributed by atoms with van der Waals surface area (Å²) in [5.41, 5.74) is 0. The van der Waals surface area contributed by atoms with Gasteiger partial charge in [0.25, 0.3) is 0 Å². The van der Waals surface area contributed by atoms with E-state index in [9.17, 15) is 26.3 Å². The Labute approximate surface area is 62.4 Å². The van der Waals surface area contributed by atoms with Gasteiger partial charge in [-0.1, -0.05) is 11.6 Å². The van der Waals surface area contributed by atoms with Gasteiger partial charge in [0, 0.05) is 6.08 Å². The van der Waals surface area contributed by atoms with Crippen molar-refractivity contribution in [2.75, 3.05) is 0 Å². The van der Waals surface area contributed by atoms with Gasteiger partial charge in [-0.2, -0.15) is 26.3 Å². The fraction of sp³-hybridized carbons (Fsp3) is 0.500. The molecule has 0 atom stereocenters. The summed E-state index contributed by atoms with van der Waals surface area (Å²) in [6, 6.07) is 0. The van der Waals surface area contributed by atoms with Crippen molar-refractivity contribution in [2.45, 2.75) is 12.1 Å². The largest absolute Gasteiger partial charge is 0.457 e. The van der Waals surface area contributed by atoms with E-state index in [1.54, 1.807) is 0 Å². The standard InChI is InChI=1S/C4HClF6/c5-2(6)1-3(7,8)4(9,10)11/h1H. The first-order valence-corrected chi connectivity index (χ1v) is 2.53. The molecule has 0 saturated carbocycles. The highest BCUT2D eigenvalue weighted by atomic mass is 35.5. The van der Waals surface area contributed by atoms with Crippen LogP contribution in [-0.2, 0) is 0 Å². The molecule has 0 radical (unpaired) electrons. The summed E-state index contributed by atoms with van der Waals surface area (Å²) in [5, 5.41) is -2.09. The molecular weight excluding hydrogens is 197 g/mol. The molecule has 0 fully saturated rings. The zero-order valence-electron chi connectivity index (χ0n) is 4.72. The summed E-state index contributed by atoms with van der Waals surface area (Å²) in [7, 11) is 0. The Balaban J connectivity index is 4.61. The minimum absolute atomic E-state index is 1.01. The molecule has 0 spiro atoms. The molecular formula is C4HClF6. The lowest BCUT2D eigenvalue weighted by Crippen LogP contribution is -2.34. The highest BCUT2D eigenvalue weighted by Crippen LogP contribution is 2.37. The lowest BCUT2D eigenvalue weighted by atomic mass is 10.3. The van der Waals surface area contributed by atoms with Crippen LogP contribution in [0.15, 0.2) is 11.4 Å². The maximum absolute atomic E-state index is 11.7. The molecule has 0 unspecified atom stereocenters. The van der Waals surface area contributed by atoms with Crippen molar-refractivity contribution >= 4 is 11.6 Å². The van der Waals surface area contributed by atoms with Gasteiger partial charge in [0.15, 0.2) is 5.29 Å². The van der Waals surface area contributed by atoms with Crippen molar-refractivity contribution in [1.82, 2.24) is 0 Å². The summed E-state index contributed by atoms with van der Waals surface area (Å²) in [4.78, 5) is 0. The van der Waals surface area contributed by atoms with Crippen molar-refractivity contribution in [3.05, 3.63) is 11.4 Å². The Morgan fingerprint density at radius 1 is 1.09 bits per heavy atom. The Hall–Kier alpha value is -0.390. The molecule has 0 nitrogen and oxygen atoms in total. The quantitative estimate of drug-likeness (QED) is 0.568. The Morgan fingerprint density at radius 3 is 1.55 bits per heavy atom. The van der Waals surface area contributed by atoms with Gasteiger partial charge in [-0.3, -0.25) is 0 Å². The first kappa shape index (κ1) is 10.6. The third-order valence-corrected chi connectivity index (χ3v) is 0.777. The molecule has 66 valence electrons. The predicted molar refractivity (Wildman–Crippen MR) is 26.0 cm³/mol. The van der Waals surface area contributed by atoms with Crippen molar-refractivity contribution in [2.24, 2.45) is 0 Å². The molecule has 0 aromatic carbocycles. The highest BCUT2D eigenvalue weighted by Gasteiger charge is 2.56. The first-order valence-electron chi connectivity index (χ1n) is 2.15. The number of allylic oxidation sites excluding steroid dienone is 1. The molecule has 0 amide bonds. The minimum atomic E-state index is -5.81. The van der Waals surface area contributed by atoms with Gasteiger partial charge in [0.2, 0.25) is 0 Å². The van der Waals surface area contributed by atoms with Gasteiger partial charge < -0.3 is 0 Å². The van der Waals surface area contributed by atoms with E-state index >= 15 is 0 Å². The van der Waals surface area contributed by atoms with Crippen LogP contribution in [0.25, 0.3) is 0 Å². The van der Waals surface area contributed by atoms with E-state index in [0.717, 1.165) is 0 Å². The third kappa shape index (κ3) is 3.00. The SMILES string of the molecule is FC(Cl)=CC(F)(F)C(F)(F)F. The van der Waals surface area contributed by atoms with Crippen molar-refractivity contribution < 1.29 is 26.3 Å².